The monoisotopic (exact) mass is 705 g/mol. The number of amides is 1. The van der Waals surface area contributed by atoms with Crippen molar-refractivity contribution < 1.29 is 92.2 Å². The lowest BCUT2D eigenvalue weighted by Crippen LogP contribution is -2.69. The van der Waals surface area contributed by atoms with Crippen molar-refractivity contribution in [3.8, 4) is 0 Å². The van der Waals surface area contributed by atoms with Crippen LogP contribution in [0.25, 0.3) is 0 Å². The predicted octanol–water partition coefficient (Wildman–Crippen LogP) is -4.33. The van der Waals surface area contributed by atoms with Crippen LogP contribution in [-0.2, 0) is 51.6 Å². The molecule has 5 saturated heterocycles. The molecular weight excluding hydrogens is 661 g/mol. The van der Waals surface area contributed by atoms with E-state index in [2.05, 4.69) is 5.32 Å². The number of hydrogen-bond donors (Lipinski definition) is 9. The molecule has 5 heterocycles. The van der Waals surface area contributed by atoms with Crippen LogP contribution in [0.5, 0.6) is 0 Å². The van der Waals surface area contributed by atoms with Crippen LogP contribution in [0.4, 0.5) is 0 Å². The molecule has 5 rings (SSSR count). The van der Waals surface area contributed by atoms with Crippen LogP contribution >= 0.6 is 7.82 Å². The van der Waals surface area contributed by atoms with Gasteiger partial charge in [0, 0.05) is 19.8 Å². The minimum atomic E-state index is -4.61. The number of aliphatic hydroxyl groups excluding tert-OH is 7. The third kappa shape index (κ3) is 8.33. The fraction of sp³-hybridized carbons (Fsp3) is 0.962. The first-order valence-corrected chi connectivity index (χ1v) is 16.8. The highest BCUT2D eigenvalue weighted by molar-refractivity contribution is 7.47. The van der Waals surface area contributed by atoms with E-state index in [1.807, 2.05) is 0 Å². The first-order valence-electron chi connectivity index (χ1n) is 15.3. The number of rotatable bonds is 8. The highest BCUT2D eigenvalue weighted by atomic mass is 31.2. The molecule has 0 aliphatic carbocycles. The Kier molecular flexibility index (Phi) is 12.0. The molecule has 5 aliphatic rings. The fourth-order valence-electron chi connectivity index (χ4n) is 6.14. The van der Waals surface area contributed by atoms with Crippen molar-refractivity contribution >= 4 is 13.7 Å². The summed E-state index contributed by atoms with van der Waals surface area (Å²) in [5.41, 5.74) is 0. The lowest BCUT2D eigenvalue weighted by Gasteiger charge is -2.51. The van der Waals surface area contributed by atoms with Gasteiger partial charge in [0.05, 0.1) is 37.6 Å². The van der Waals surface area contributed by atoms with Crippen LogP contribution in [-0.4, -0.2) is 170 Å². The van der Waals surface area contributed by atoms with Crippen LogP contribution in [0.15, 0.2) is 0 Å². The van der Waals surface area contributed by atoms with E-state index in [-0.39, 0.29) is 12.8 Å². The van der Waals surface area contributed by atoms with Crippen LogP contribution < -0.4 is 5.32 Å². The molecule has 21 heteroatoms. The molecule has 1 unspecified atom stereocenters. The van der Waals surface area contributed by atoms with Crippen molar-refractivity contribution in [3.63, 3.8) is 0 Å². The average molecular weight is 706 g/mol. The van der Waals surface area contributed by atoms with Gasteiger partial charge < -0.3 is 79.1 Å². The number of aliphatic hydroxyl groups is 7. The molecule has 5 fully saturated rings. The van der Waals surface area contributed by atoms with Gasteiger partial charge in [-0.05, 0) is 13.8 Å². The summed E-state index contributed by atoms with van der Waals surface area (Å²) in [5.74, 6) is -0.644. The van der Waals surface area contributed by atoms with Crippen molar-refractivity contribution in [2.75, 3.05) is 13.2 Å². The molecule has 5 aliphatic heterocycles. The molecule has 9 N–H and O–H groups in total. The smallest absolute Gasteiger partial charge is 0.394 e. The van der Waals surface area contributed by atoms with Gasteiger partial charge in [0.25, 0.3) is 0 Å². The summed E-state index contributed by atoms with van der Waals surface area (Å²) < 4.78 is 63.2. The van der Waals surface area contributed by atoms with Crippen molar-refractivity contribution in [2.24, 2.45) is 0 Å². The Labute approximate surface area is 268 Å². The SMILES string of the molecule is CC(=O)N[C@@H]1[C@@H](O[C@@H]2O[C@@H]3COP(=O)(O)O[C@@H]3[C@H](O)[C@H]2O[C@H]2O[C@H](C)[C@H](O)C[C@H]2O)[C@H](O[C@H]2O[C@H](C)[C@H](O)C[C@H]2O)[C@@H](CO)O[C@H]1O. The summed E-state index contributed by atoms with van der Waals surface area (Å²) in [6.07, 6.45) is -23.6. The molecule has 0 aromatic rings. The average Bonchev–Trinajstić information content (AvgIpc) is 2.99. The maximum Gasteiger partial charge on any atom is 0.472 e. The Balaban J connectivity index is 1.48. The summed E-state index contributed by atoms with van der Waals surface area (Å²) in [4.78, 5) is 22.2. The molecule has 0 saturated carbocycles. The van der Waals surface area contributed by atoms with Gasteiger partial charge in [0.15, 0.2) is 25.2 Å². The molecule has 19 atom stereocenters. The van der Waals surface area contributed by atoms with E-state index in [0.29, 0.717) is 0 Å². The van der Waals surface area contributed by atoms with Gasteiger partial charge >= 0.3 is 7.82 Å². The fourth-order valence-corrected chi connectivity index (χ4v) is 7.11. The maximum atomic E-state index is 12.2. The Morgan fingerprint density at radius 2 is 1.36 bits per heavy atom. The topological polar surface area (TPSA) is 291 Å². The van der Waals surface area contributed by atoms with Gasteiger partial charge in [0.2, 0.25) is 5.91 Å². The Bertz CT molecular complexity index is 1120. The minimum Gasteiger partial charge on any atom is -0.394 e. The number of phosphoric acid groups is 1. The second kappa shape index (κ2) is 15.1. The van der Waals surface area contributed by atoms with Gasteiger partial charge in [-0.3, -0.25) is 13.8 Å². The van der Waals surface area contributed by atoms with Gasteiger partial charge in [-0.25, -0.2) is 4.57 Å². The molecular formula is C26H44NO19P. The van der Waals surface area contributed by atoms with Crippen molar-refractivity contribution in [1.82, 2.24) is 5.32 Å². The second-order valence-electron chi connectivity index (χ2n) is 12.3. The number of fused-ring (bicyclic) bond motifs is 1. The number of hydrogen-bond acceptors (Lipinski definition) is 18. The van der Waals surface area contributed by atoms with E-state index in [0.717, 1.165) is 6.92 Å². The number of carbonyl (C=O) groups is 1. The summed E-state index contributed by atoms with van der Waals surface area (Å²) in [5, 5.41) is 76.5. The lowest BCUT2D eigenvalue weighted by atomic mass is 9.94. The third-order valence-electron chi connectivity index (χ3n) is 8.74. The first kappa shape index (κ1) is 37.3. The molecule has 1 amide bonds. The Morgan fingerprint density at radius 1 is 0.809 bits per heavy atom. The zero-order valence-corrected chi connectivity index (χ0v) is 26.6. The lowest BCUT2D eigenvalue weighted by molar-refractivity contribution is -0.385. The predicted molar refractivity (Wildman–Crippen MR) is 147 cm³/mol. The van der Waals surface area contributed by atoms with E-state index < -0.39 is 137 Å². The molecule has 0 aromatic heterocycles. The minimum absolute atomic E-state index is 0.130. The number of phosphoric ester groups is 1. The quantitative estimate of drug-likeness (QED) is 0.108. The highest BCUT2D eigenvalue weighted by Crippen LogP contribution is 2.51. The van der Waals surface area contributed by atoms with Crippen LogP contribution in [0.1, 0.15) is 33.6 Å². The molecule has 0 aromatic carbocycles. The molecule has 0 spiro atoms. The maximum absolute atomic E-state index is 12.2. The van der Waals surface area contributed by atoms with Crippen LogP contribution in [0, 0.1) is 0 Å². The molecule has 0 bridgehead atoms. The van der Waals surface area contributed by atoms with Gasteiger partial charge in [0.1, 0.15) is 61.0 Å². The number of nitrogens with one attached hydrogen (secondary N) is 1. The van der Waals surface area contributed by atoms with Crippen LogP contribution in [0.3, 0.4) is 0 Å². The standard InChI is InChI=1S/C26H44NO19P/c1-8-11(30)4-13(32)24(39-8)43-20-15(6-28)41-23(35)17(27-10(3)29)21(20)44-26-22(45-25-14(33)5-12(31)9(2)40-25)18(34)19-16(42-26)7-38-47(36,37)46-19/h8-9,11-26,28,30-35H,4-7H2,1-3H3,(H,27,29)(H,36,37)/t8-,9-,11-,12-,13-,14-,15-,16-,17-,18+,19+,20-,21-,22-,23-,24-,25-,26+/m1/s1. The molecule has 272 valence electrons. The van der Waals surface area contributed by atoms with E-state index in [9.17, 15) is 50.0 Å². The summed E-state index contributed by atoms with van der Waals surface area (Å²) in [6.45, 7) is 2.91. The van der Waals surface area contributed by atoms with Crippen molar-refractivity contribution in [1.29, 1.82) is 0 Å². The molecule has 0 radical (unpaired) electrons. The molecule has 47 heavy (non-hydrogen) atoms. The number of ether oxygens (including phenoxy) is 7. The normalized spacial score (nSPS) is 52.4. The van der Waals surface area contributed by atoms with Gasteiger partial charge in [-0.15, -0.1) is 0 Å². The zero-order chi connectivity index (χ0) is 34.4. The van der Waals surface area contributed by atoms with E-state index in [4.69, 9.17) is 42.2 Å². The van der Waals surface area contributed by atoms with Crippen molar-refractivity contribution in [3.05, 3.63) is 0 Å². The van der Waals surface area contributed by atoms with E-state index in [1.54, 1.807) is 6.92 Å². The van der Waals surface area contributed by atoms with E-state index in [1.165, 1.54) is 6.92 Å². The summed E-state index contributed by atoms with van der Waals surface area (Å²) >= 11 is 0. The number of carbonyl (C=O) groups excluding carboxylic acids is 1. The molecule has 20 nitrogen and oxygen atoms in total. The Morgan fingerprint density at radius 3 is 1.91 bits per heavy atom. The largest absolute Gasteiger partial charge is 0.472 e. The highest BCUT2D eigenvalue weighted by Gasteiger charge is 2.57. The third-order valence-corrected chi connectivity index (χ3v) is 9.72. The second-order valence-corrected chi connectivity index (χ2v) is 13.7. The first-order chi connectivity index (χ1) is 22.1. The Hall–Kier alpha value is -0.980. The zero-order valence-electron chi connectivity index (χ0n) is 25.7. The van der Waals surface area contributed by atoms with Gasteiger partial charge in [-0.1, -0.05) is 0 Å². The summed E-state index contributed by atoms with van der Waals surface area (Å²) in [7, 11) is -4.61. The summed E-state index contributed by atoms with van der Waals surface area (Å²) in [6, 6.07) is -1.44. The van der Waals surface area contributed by atoms with E-state index >= 15 is 0 Å². The van der Waals surface area contributed by atoms with Crippen LogP contribution in [0.2, 0.25) is 0 Å². The van der Waals surface area contributed by atoms with Crippen molar-refractivity contribution in [2.45, 2.75) is 144 Å². The van der Waals surface area contributed by atoms with Gasteiger partial charge in [-0.2, -0.15) is 0 Å².